The van der Waals surface area contributed by atoms with E-state index in [2.05, 4.69) is 11.8 Å². The van der Waals surface area contributed by atoms with Gasteiger partial charge in [-0.05, 0) is 55.0 Å². The van der Waals surface area contributed by atoms with Crippen LogP contribution in [0.15, 0.2) is 66.7 Å². The first kappa shape index (κ1) is 25.3. The van der Waals surface area contributed by atoms with Gasteiger partial charge < -0.3 is 14.7 Å². The third kappa shape index (κ3) is 7.33. The second-order valence-electron chi connectivity index (χ2n) is 8.71. The molecule has 0 aliphatic carbocycles. The molecule has 5 heteroatoms. The fourth-order valence-electron chi connectivity index (χ4n) is 4.06. The molecule has 0 aromatic heterocycles. The highest BCUT2D eigenvalue weighted by atomic mass is 16.5. The zero-order chi connectivity index (χ0) is 24.3. The van der Waals surface area contributed by atoms with E-state index in [4.69, 9.17) is 4.74 Å². The van der Waals surface area contributed by atoms with Gasteiger partial charge in [0, 0.05) is 24.9 Å². The Morgan fingerprint density at radius 3 is 2.79 bits per heavy atom. The second kappa shape index (κ2) is 12.8. The first-order valence-corrected chi connectivity index (χ1v) is 11.8. The normalized spacial score (nSPS) is 17.3. The minimum absolute atomic E-state index is 0.0000963. The van der Waals surface area contributed by atoms with Gasteiger partial charge in [-0.1, -0.05) is 61.2 Å². The third-order valence-corrected chi connectivity index (χ3v) is 6.13. The summed E-state index contributed by atoms with van der Waals surface area (Å²) in [7, 11) is 1.37. The van der Waals surface area contributed by atoms with E-state index in [-0.39, 0.29) is 23.8 Å². The molecular formula is C29H33NO4. The van der Waals surface area contributed by atoms with Crippen LogP contribution < -0.4 is 0 Å². The summed E-state index contributed by atoms with van der Waals surface area (Å²) < 4.78 is 4.78. The average molecular weight is 460 g/mol. The number of carbonyl (C=O) groups is 2. The lowest BCUT2D eigenvalue weighted by Crippen LogP contribution is -2.33. The van der Waals surface area contributed by atoms with Crippen molar-refractivity contribution < 1.29 is 19.4 Å². The molecule has 3 atom stereocenters. The standard InChI is InChI=1S/C29H33NO4/c1-22(9-6-12-23-10-4-3-5-11-23)27(31)18-16-26-17-19-28(32)30(26)20-8-14-24-13-7-15-25(21-24)29(33)34-2/h3-5,7,10-11,13,15-16,18,21-22,26-27,31H,8-9,14,17,19-20H2,1-2H3/b18-16+/t22-,26-,27+/m0/s1. The van der Waals surface area contributed by atoms with Crippen molar-refractivity contribution in [2.45, 2.75) is 51.2 Å². The molecule has 0 spiro atoms. The minimum Gasteiger partial charge on any atom is -0.465 e. The van der Waals surface area contributed by atoms with E-state index < -0.39 is 6.10 Å². The van der Waals surface area contributed by atoms with Gasteiger partial charge in [0.05, 0.1) is 24.8 Å². The lowest BCUT2D eigenvalue weighted by molar-refractivity contribution is -0.128. The summed E-state index contributed by atoms with van der Waals surface area (Å²) in [5.74, 6) is 6.07. The Balaban J connectivity index is 1.49. The molecule has 1 fully saturated rings. The van der Waals surface area contributed by atoms with Crippen LogP contribution in [0.25, 0.3) is 0 Å². The molecule has 0 radical (unpaired) electrons. The Morgan fingerprint density at radius 2 is 2.03 bits per heavy atom. The van der Waals surface area contributed by atoms with E-state index in [1.165, 1.54) is 7.11 Å². The molecule has 1 N–H and O–H groups in total. The fraction of sp³-hybridized carbons (Fsp3) is 0.379. The topological polar surface area (TPSA) is 66.8 Å². The number of benzene rings is 2. The number of aliphatic hydroxyl groups is 1. The van der Waals surface area contributed by atoms with Crippen LogP contribution in [0.4, 0.5) is 0 Å². The molecule has 2 aromatic carbocycles. The first-order chi connectivity index (χ1) is 16.5. The van der Waals surface area contributed by atoms with Crippen molar-refractivity contribution in [1.82, 2.24) is 4.90 Å². The van der Waals surface area contributed by atoms with E-state index >= 15 is 0 Å². The molecule has 5 nitrogen and oxygen atoms in total. The highest BCUT2D eigenvalue weighted by Crippen LogP contribution is 2.22. The summed E-state index contributed by atoms with van der Waals surface area (Å²) >= 11 is 0. The zero-order valence-electron chi connectivity index (χ0n) is 19.9. The summed E-state index contributed by atoms with van der Waals surface area (Å²) in [6, 6.07) is 17.2. The molecule has 1 aliphatic rings. The molecule has 0 unspecified atom stereocenters. The van der Waals surface area contributed by atoms with Crippen molar-refractivity contribution in [2.24, 2.45) is 5.92 Å². The molecule has 1 amide bonds. The number of carbonyl (C=O) groups excluding carboxylic acids is 2. The smallest absolute Gasteiger partial charge is 0.337 e. The van der Waals surface area contributed by atoms with Gasteiger partial charge in [-0.3, -0.25) is 4.79 Å². The zero-order valence-corrected chi connectivity index (χ0v) is 19.9. The van der Waals surface area contributed by atoms with E-state index in [9.17, 15) is 14.7 Å². The van der Waals surface area contributed by atoms with Crippen molar-refractivity contribution in [1.29, 1.82) is 0 Å². The summed E-state index contributed by atoms with van der Waals surface area (Å²) in [6.07, 6.45) is 6.63. The minimum atomic E-state index is -0.608. The molecule has 1 saturated heterocycles. The van der Waals surface area contributed by atoms with Gasteiger partial charge >= 0.3 is 5.97 Å². The molecule has 0 bridgehead atoms. The largest absolute Gasteiger partial charge is 0.465 e. The Kier molecular flexibility index (Phi) is 9.49. The predicted octanol–water partition coefficient (Wildman–Crippen LogP) is 4.39. The third-order valence-electron chi connectivity index (χ3n) is 6.13. The molecule has 1 heterocycles. The van der Waals surface area contributed by atoms with E-state index in [1.54, 1.807) is 6.07 Å². The number of methoxy groups -OCH3 is 1. The van der Waals surface area contributed by atoms with Gasteiger partial charge in [0.2, 0.25) is 5.91 Å². The molecule has 3 rings (SSSR count). The maximum atomic E-state index is 12.4. The fourth-order valence-corrected chi connectivity index (χ4v) is 4.06. The van der Waals surface area contributed by atoms with Crippen LogP contribution in [0.5, 0.6) is 0 Å². The molecule has 1 aliphatic heterocycles. The Morgan fingerprint density at radius 1 is 1.24 bits per heavy atom. The van der Waals surface area contributed by atoms with Crippen LogP contribution in [0.2, 0.25) is 0 Å². The first-order valence-electron chi connectivity index (χ1n) is 11.8. The van der Waals surface area contributed by atoms with Crippen molar-refractivity contribution in [2.75, 3.05) is 13.7 Å². The highest BCUT2D eigenvalue weighted by molar-refractivity contribution is 5.89. The Bertz CT molecular complexity index is 1050. The number of ether oxygens (including phenoxy) is 1. The quantitative estimate of drug-likeness (QED) is 0.343. The van der Waals surface area contributed by atoms with Gasteiger partial charge in [0.1, 0.15) is 0 Å². The summed E-state index contributed by atoms with van der Waals surface area (Å²) in [6.45, 7) is 2.62. The van der Waals surface area contributed by atoms with Gasteiger partial charge in [0.15, 0.2) is 0 Å². The molecule has 0 saturated carbocycles. The van der Waals surface area contributed by atoms with E-state index in [1.807, 2.05) is 72.5 Å². The Labute approximate surface area is 202 Å². The molecule has 178 valence electrons. The van der Waals surface area contributed by atoms with Crippen LogP contribution >= 0.6 is 0 Å². The summed E-state index contributed by atoms with van der Waals surface area (Å²) in [4.78, 5) is 26.0. The maximum Gasteiger partial charge on any atom is 0.337 e. The summed E-state index contributed by atoms with van der Waals surface area (Å²) in [5.41, 5.74) is 2.55. The van der Waals surface area contributed by atoms with Crippen LogP contribution in [-0.4, -0.2) is 47.7 Å². The van der Waals surface area contributed by atoms with Crippen molar-refractivity contribution >= 4 is 11.9 Å². The molecular weight excluding hydrogens is 426 g/mol. The van der Waals surface area contributed by atoms with Gasteiger partial charge in [-0.25, -0.2) is 4.79 Å². The number of hydrogen-bond donors (Lipinski definition) is 1. The van der Waals surface area contributed by atoms with Gasteiger partial charge in [-0.2, -0.15) is 0 Å². The summed E-state index contributed by atoms with van der Waals surface area (Å²) in [5, 5.41) is 10.5. The van der Waals surface area contributed by atoms with Crippen LogP contribution in [0.3, 0.4) is 0 Å². The molecule has 2 aromatic rings. The number of amides is 1. The monoisotopic (exact) mass is 459 g/mol. The van der Waals surface area contributed by atoms with E-state index in [0.717, 1.165) is 30.4 Å². The lowest BCUT2D eigenvalue weighted by atomic mass is 9.99. The number of nitrogens with zero attached hydrogens (tertiary/aromatic N) is 1. The van der Waals surface area contributed by atoms with Crippen LogP contribution in [0, 0.1) is 17.8 Å². The highest BCUT2D eigenvalue weighted by Gasteiger charge is 2.28. The number of aliphatic hydroxyl groups excluding tert-OH is 1. The number of esters is 1. The predicted molar refractivity (Wildman–Crippen MR) is 133 cm³/mol. The van der Waals surface area contributed by atoms with Crippen molar-refractivity contribution in [3.8, 4) is 11.8 Å². The Hall–Kier alpha value is -3.36. The second-order valence-corrected chi connectivity index (χ2v) is 8.71. The SMILES string of the molecule is COC(=O)c1cccc(CCCN2C(=O)CC[C@@H]2/C=C/[C@@H](O)[C@@H](C)CC#Cc2ccccc2)c1. The maximum absolute atomic E-state index is 12.4. The lowest BCUT2D eigenvalue weighted by Gasteiger charge is -2.23. The van der Waals surface area contributed by atoms with Crippen molar-refractivity contribution in [3.05, 3.63) is 83.4 Å². The van der Waals surface area contributed by atoms with Gasteiger partial charge in [0.25, 0.3) is 0 Å². The van der Waals surface area contributed by atoms with Crippen molar-refractivity contribution in [3.63, 3.8) is 0 Å². The number of likely N-dealkylation sites (tertiary alicyclic amines) is 1. The number of hydrogen-bond acceptors (Lipinski definition) is 4. The van der Waals surface area contributed by atoms with Crippen LogP contribution in [-0.2, 0) is 16.0 Å². The average Bonchev–Trinajstić information content (AvgIpc) is 3.21. The number of rotatable bonds is 9. The molecule has 34 heavy (non-hydrogen) atoms. The van der Waals surface area contributed by atoms with Gasteiger partial charge in [-0.15, -0.1) is 0 Å². The number of aryl methyl sites for hydroxylation is 1. The van der Waals surface area contributed by atoms with E-state index in [0.29, 0.717) is 24.9 Å². The van der Waals surface area contributed by atoms with Crippen LogP contribution in [0.1, 0.15) is 54.1 Å².